The van der Waals surface area contributed by atoms with E-state index < -0.39 is 0 Å². The summed E-state index contributed by atoms with van der Waals surface area (Å²) in [4.78, 5) is 1.10. The zero-order chi connectivity index (χ0) is 12.5. The SMILES string of the molecule is C[C@H](CF)Cc1ccc(SNCCCF)cc1. The van der Waals surface area contributed by atoms with Crippen LogP contribution in [0.2, 0.25) is 0 Å². The van der Waals surface area contributed by atoms with E-state index in [1.807, 2.05) is 31.2 Å². The molecule has 1 aromatic carbocycles. The van der Waals surface area contributed by atoms with Gasteiger partial charge < -0.3 is 0 Å². The first kappa shape index (κ1) is 14.5. The predicted octanol–water partition coefficient (Wildman–Crippen LogP) is 3.79. The Kier molecular flexibility index (Phi) is 7.21. The topological polar surface area (TPSA) is 12.0 Å². The lowest BCUT2D eigenvalue weighted by molar-refractivity contribution is 0.381. The molecule has 1 atom stereocenters. The van der Waals surface area contributed by atoms with Crippen molar-refractivity contribution in [3.8, 4) is 0 Å². The van der Waals surface area contributed by atoms with Crippen molar-refractivity contribution in [2.75, 3.05) is 19.9 Å². The lowest BCUT2D eigenvalue weighted by Crippen LogP contribution is -2.05. The highest BCUT2D eigenvalue weighted by Crippen LogP contribution is 2.17. The molecule has 0 spiro atoms. The molecule has 0 aliphatic carbocycles. The molecular weight excluding hydrogens is 240 g/mol. The van der Waals surface area contributed by atoms with Gasteiger partial charge in [0.25, 0.3) is 0 Å². The quantitative estimate of drug-likeness (QED) is 0.563. The Labute approximate surface area is 106 Å². The van der Waals surface area contributed by atoms with E-state index in [0.29, 0.717) is 13.0 Å². The van der Waals surface area contributed by atoms with Gasteiger partial charge in [-0.2, -0.15) is 0 Å². The molecule has 0 amide bonds. The van der Waals surface area contributed by atoms with E-state index in [9.17, 15) is 8.78 Å². The third kappa shape index (κ3) is 6.03. The monoisotopic (exact) mass is 259 g/mol. The predicted molar refractivity (Wildman–Crippen MR) is 69.7 cm³/mol. The van der Waals surface area contributed by atoms with Crippen molar-refractivity contribution in [2.45, 2.75) is 24.7 Å². The van der Waals surface area contributed by atoms with Gasteiger partial charge in [0.1, 0.15) is 0 Å². The summed E-state index contributed by atoms with van der Waals surface area (Å²) in [6.45, 7) is 2.01. The average Bonchev–Trinajstić information content (AvgIpc) is 2.36. The number of halogens is 2. The van der Waals surface area contributed by atoms with Crippen molar-refractivity contribution in [3.05, 3.63) is 29.8 Å². The Balaban J connectivity index is 2.34. The molecule has 1 rings (SSSR count). The number of benzene rings is 1. The van der Waals surface area contributed by atoms with Crippen LogP contribution in [0.15, 0.2) is 29.2 Å². The highest BCUT2D eigenvalue weighted by molar-refractivity contribution is 7.97. The summed E-state index contributed by atoms with van der Waals surface area (Å²) < 4.78 is 27.3. The van der Waals surface area contributed by atoms with Crippen LogP contribution in [0.5, 0.6) is 0 Å². The molecule has 0 aliphatic rings. The van der Waals surface area contributed by atoms with Crippen LogP contribution in [0.1, 0.15) is 18.9 Å². The smallest absolute Gasteiger partial charge is 0.0923 e. The van der Waals surface area contributed by atoms with Crippen molar-refractivity contribution < 1.29 is 8.78 Å². The summed E-state index contributed by atoms with van der Waals surface area (Å²) in [7, 11) is 0. The Morgan fingerprint density at radius 3 is 2.53 bits per heavy atom. The van der Waals surface area contributed by atoms with Crippen LogP contribution < -0.4 is 4.72 Å². The highest BCUT2D eigenvalue weighted by atomic mass is 32.2. The van der Waals surface area contributed by atoms with E-state index in [2.05, 4.69) is 4.72 Å². The van der Waals surface area contributed by atoms with Gasteiger partial charge in [-0.1, -0.05) is 19.1 Å². The molecule has 1 nitrogen and oxygen atoms in total. The van der Waals surface area contributed by atoms with E-state index in [0.717, 1.165) is 16.9 Å². The van der Waals surface area contributed by atoms with Gasteiger partial charge >= 0.3 is 0 Å². The summed E-state index contributed by atoms with van der Waals surface area (Å²) in [6.07, 6.45) is 1.32. The van der Waals surface area contributed by atoms with Gasteiger partial charge in [-0.15, -0.1) is 0 Å². The fraction of sp³-hybridized carbons (Fsp3) is 0.538. The number of alkyl halides is 2. The minimum Gasteiger partial charge on any atom is -0.260 e. The van der Waals surface area contributed by atoms with Crippen molar-refractivity contribution in [2.24, 2.45) is 5.92 Å². The molecule has 1 N–H and O–H groups in total. The average molecular weight is 259 g/mol. The maximum atomic E-state index is 12.3. The van der Waals surface area contributed by atoms with Crippen LogP contribution in [-0.2, 0) is 6.42 Å². The number of nitrogens with one attached hydrogen (secondary N) is 1. The molecule has 0 heterocycles. The summed E-state index contributed by atoms with van der Waals surface area (Å²) >= 11 is 1.50. The second-order valence-electron chi connectivity index (χ2n) is 4.15. The summed E-state index contributed by atoms with van der Waals surface area (Å²) in [5.74, 6) is 0.0798. The fourth-order valence-electron chi connectivity index (χ4n) is 1.42. The molecule has 1 aromatic rings. The van der Waals surface area contributed by atoms with Gasteiger partial charge in [0.05, 0.1) is 13.3 Å². The molecule has 4 heteroatoms. The molecule has 0 bridgehead atoms. The Bertz CT molecular complexity index is 303. The van der Waals surface area contributed by atoms with Crippen LogP contribution in [0, 0.1) is 5.92 Å². The first-order valence-electron chi connectivity index (χ1n) is 5.87. The maximum Gasteiger partial charge on any atom is 0.0923 e. The van der Waals surface area contributed by atoms with Gasteiger partial charge in [0.15, 0.2) is 0 Å². The molecule has 0 unspecified atom stereocenters. The van der Waals surface area contributed by atoms with Crippen LogP contribution in [0.4, 0.5) is 8.78 Å². The van der Waals surface area contributed by atoms with Gasteiger partial charge in [0.2, 0.25) is 0 Å². The molecule has 0 saturated heterocycles. The van der Waals surface area contributed by atoms with Gasteiger partial charge in [0, 0.05) is 11.4 Å². The van der Waals surface area contributed by atoms with E-state index in [1.54, 1.807) is 0 Å². The Morgan fingerprint density at radius 2 is 1.94 bits per heavy atom. The minimum atomic E-state index is -0.284. The molecule has 17 heavy (non-hydrogen) atoms. The standard InChI is InChI=1S/C13H19F2NS/c1-11(10-15)9-12-3-5-13(6-4-12)17-16-8-2-7-14/h3-6,11,16H,2,7-10H2,1H3/t11-/m0/s1. The molecular formula is C13H19F2NS. The summed E-state index contributed by atoms with van der Waals surface area (Å²) in [6, 6.07) is 8.05. The van der Waals surface area contributed by atoms with E-state index in [-0.39, 0.29) is 19.3 Å². The Morgan fingerprint density at radius 1 is 1.24 bits per heavy atom. The summed E-state index contributed by atoms with van der Waals surface area (Å²) in [5, 5.41) is 0. The normalized spacial score (nSPS) is 12.6. The zero-order valence-corrected chi connectivity index (χ0v) is 10.9. The van der Waals surface area contributed by atoms with Crippen LogP contribution in [0.25, 0.3) is 0 Å². The number of hydrogen-bond donors (Lipinski definition) is 1. The van der Waals surface area contributed by atoms with E-state index in [4.69, 9.17) is 0 Å². The Hall–Kier alpha value is -0.610. The van der Waals surface area contributed by atoms with Crippen LogP contribution in [-0.4, -0.2) is 19.9 Å². The van der Waals surface area contributed by atoms with E-state index in [1.165, 1.54) is 11.9 Å². The van der Waals surface area contributed by atoms with Crippen molar-refractivity contribution >= 4 is 11.9 Å². The maximum absolute atomic E-state index is 12.3. The van der Waals surface area contributed by atoms with E-state index >= 15 is 0 Å². The minimum absolute atomic E-state index is 0.0798. The number of hydrogen-bond acceptors (Lipinski definition) is 2. The largest absolute Gasteiger partial charge is 0.260 e. The highest BCUT2D eigenvalue weighted by Gasteiger charge is 2.03. The molecule has 0 aromatic heterocycles. The van der Waals surface area contributed by atoms with Crippen LogP contribution >= 0.6 is 11.9 Å². The molecule has 0 radical (unpaired) electrons. The molecule has 96 valence electrons. The first-order chi connectivity index (χ1) is 8.26. The van der Waals surface area contributed by atoms with Gasteiger partial charge in [-0.3, -0.25) is 13.5 Å². The summed E-state index contributed by atoms with van der Waals surface area (Å²) in [5.41, 5.74) is 1.16. The third-order valence-corrected chi connectivity index (χ3v) is 3.23. The van der Waals surface area contributed by atoms with Gasteiger partial charge in [-0.25, -0.2) is 0 Å². The van der Waals surface area contributed by atoms with Gasteiger partial charge in [-0.05, 0) is 48.4 Å². The zero-order valence-electron chi connectivity index (χ0n) is 10.1. The van der Waals surface area contributed by atoms with Crippen molar-refractivity contribution in [3.63, 3.8) is 0 Å². The second-order valence-corrected chi connectivity index (χ2v) is 5.11. The lowest BCUT2D eigenvalue weighted by atomic mass is 10.0. The third-order valence-electron chi connectivity index (χ3n) is 2.37. The fourth-order valence-corrected chi connectivity index (χ4v) is 2.11. The van der Waals surface area contributed by atoms with Crippen LogP contribution in [0.3, 0.4) is 0 Å². The van der Waals surface area contributed by atoms with Crippen molar-refractivity contribution in [1.82, 2.24) is 4.72 Å². The van der Waals surface area contributed by atoms with Crippen molar-refractivity contribution in [1.29, 1.82) is 0 Å². The molecule has 0 aliphatic heterocycles. The first-order valence-corrected chi connectivity index (χ1v) is 6.68. The number of rotatable bonds is 8. The second kappa shape index (κ2) is 8.48. The molecule has 0 fully saturated rings. The molecule has 0 saturated carbocycles. The lowest BCUT2D eigenvalue weighted by Gasteiger charge is -2.07.